The Morgan fingerprint density at radius 3 is 2.73 bits per heavy atom. The first-order chi connectivity index (χ1) is 5.34. The lowest BCUT2D eigenvalue weighted by molar-refractivity contribution is 0.182. The first kappa shape index (κ1) is 7.63. The topological polar surface area (TPSA) is 69.8 Å². The van der Waals surface area contributed by atoms with Gasteiger partial charge in [0.15, 0.2) is 0 Å². The van der Waals surface area contributed by atoms with E-state index < -0.39 is 6.10 Å². The zero-order valence-electron chi connectivity index (χ0n) is 5.81. The monoisotopic (exact) mass is 149 g/mol. The lowest BCUT2D eigenvalue weighted by atomic mass is 10.1. The van der Waals surface area contributed by atoms with Gasteiger partial charge >= 0.3 is 0 Å². The molecule has 4 nitrogen and oxygen atoms in total. The van der Waals surface area contributed by atoms with Crippen LogP contribution in [0.4, 0.5) is 0 Å². The molecular weight excluding hydrogens is 142 g/mol. The summed E-state index contributed by atoms with van der Waals surface area (Å²) in [6.07, 6.45) is 3.68. The minimum Gasteiger partial charge on any atom is -0.387 e. The molecule has 56 valence electrons. The van der Waals surface area contributed by atoms with Crippen LogP contribution in [-0.4, -0.2) is 15.1 Å². The standard InChI is InChI=1S/C7H7N3O/c8-2-1-7(11)6-3-9-5-10-4-6/h3-5,7,11H,1H2. The molecule has 11 heavy (non-hydrogen) atoms. The maximum Gasteiger partial charge on any atom is 0.115 e. The van der Waals surface area contributed by atoms with Gasteiger partial charge in [-0.2, -0.15) is 5.26 Å². The first-order valence-corrected chi connectivity index (χ1v) is 3.14. The van der Waals surface area contributed by atoms with Gasteiger partial charge in [0.25, 0.3) is 0 Å². The molecule has 0 bridgehead atoms. The predicted octanol–water partition coefficient (Wildman–Crippen LogP) is 0.424. The molecule has 0 saturated heterocycles. The fourth-order valence-electron chi connectivity index (χ4n) is 0.687. The van der Waals surface area contributed by atoms with Gasteiger partial charge in [-0.05, 0) is 0 Å². The van der Waals surface area contributed by atoms with Gasteiger partial charge in [-0.25, -0.2) is 9.97 Å². The van der Waals surface area contributed by atoms with Crippen molar-refractivity contribution in [2.75, 3.05) is 0 Å². The molecule has 1 unspecified atom stereocenters. The van der Waals surface area contributed by atoms with Gasteiger partial charge in [-0.3, -0.25) is 0 Å². The van der Waals surface area contributed by atoms with Crippen LogP contribution < -0.4 is 0 Å². The molecule has 1 heterocycles. The number of aromatic nitrogens is 2. The molecular formula is C7H7N3O. The van der Waals surface area contributed by atoms with E-state index in [0.717, 1.165) is 0 Å². The fraction of sp³-hybridized carbons (Fsp3) is 0.286. The zero-order chi connectivity index (χ0) is 8.10. The Bertz CT molecular complexity index is 254. The van der Waals surface area contributed by atoms with Crippen LogP contribution in [0.15, 0.2) is 18.7 Å². The van der Waals surface area contributed by atoms with Gasteiger partial charge in [-0.15, -0.1) is 0 Å². The van der Waals surface area contributed by atoms with Crippen LogP contribution in [0.3, 0.4) is 0 Å². The minimum atomic E-state index is -0.763. The lowest BCUT2D eigenvalue weighted by Crippen LogP contribution is -1.96. The number of nitrogens with zero attached hydrogens (tertiary/aromatic N) is 3. The summed E-state index contributed by atoms with van der Waals surface area (Å²) in [4.78, 5) is 7.41. The fourth-order valence-corrected chi connectivity index (χ4v) is 0.687. The summed E-state index contributed by atoms with van der Waals surface area (Å²) in [6, 6.07) is 1.86. The largest absolute Gasteiger partial charge is 0.387 e. The van der Waals surface area contributed by atoms with Gasteiger partial charge in [0.05, 0.1) is 18.6 Å². The van der Waals surface area contributed by atoms with Crippen molar-refractivity contribution in [3.8, 4) is 6.07 Å². The van der Waals surface area contributed by atoms with Crippen molar-refractivity contribution < 1.29 is 5.11 Å². The van der Waals surface area contributed by atoms with Crippen LogP contribution in [-0.2, 0) is 0 Å². The Morgan fingerprint density at radius 1 is 1.55 bits per heavy atom. The number of hydrogen-bond acceptors (Lipinski definition) is 4. The molecule has 0 aliphatic heterocycles. The maximum absolute atomic E-state index is 9.22. The quantitative estimate of drug-likeness (QED) is 0.661. The van der Waals surface area contributed by atoms with E-state index in [1.54, 1.807) is 0 Å². The third-order valence-electron chi connectivity index (χ3n) is 1.25. The highest BCUT2D eigenvalue weighted by molar-refractivity contribution is 5.07. The summed E-state index contributed by atoms with van der Waals surface area (Å²) >= 11 is 0. The van der Waals surface area contributed by atoms with E-state index in [9.17, 15) is 5.11 Å². The summed E-state index contributed by atoms with van der Waals surface area (Å²) in [5.41, 5.74) is 0.578. The summed E-state index contributed by atoms with van der Waals surface area (Å²) in [5.74, 6) is 0. The summed E-state index contributed by atoms with van der Waals surface area (Å²) in [5, 5.41) is 17.5. The average molecular weight is 149 g/mol. The van der Waals surface area contributed by atoms with E-state index in [4.69, 9.17) is 5.26 Å². The van der Waals surface area contributed by atoms with Crippen molar-refractivity contribution in [3.05, 3.63) is 24.3 Å². The van der Waals surface area contributed by atoms with Crippen molar-refractivity contribution in [1.29, 1.82) is 5.26 Å². The third kappa shape index (κ3) is 1.99. The molecule has 1 aromatic heterocycles. The Labute approximate surface area is 64.2 Å². The summed E-state index contributed by atoms with van der Waals surface area (Å²) < 4.78 is 0. The molecule has 0 aliphatic carbocycles. The molecule has 0 saturated carbocycles. The van der Waals surface area contributed by atoms with E-state index in [1.807, 2.05) is 6.07 Å². The van der Waals surface area contributed by atoms with Gasteiger partial charge in [0.2, 0.25) is 0 Å². The van der Waals surface area contributed by atoms with Crippen LogP contribution in [0, 0.1) is 11.3 Å². The lowest BCUT2D eigenvalue weighted by Gasteiger charge is -2.02. The van der Waals surface area contributed by atoms with Crippen LogP contribution in [0.5, 0.6) is 0 Å². The van der Waals surface area contributed by atoms with Gasteiger partial charge in [0, 0.05) is 18.0 Å². The second-order valence-corrected chi connectivity index (χ2v) is 2.05. The van der Waals surface area contributed by atoms with E-state index in [-0.39, 0.29) is 6.42 Å². The normalized spacial score (nSPS) is 12.0. The number of hydrogen-bond donors (Lipinski definition) is 1. The van der Waals surface area contributed by atoms with Crippen molar-refractivity contribution in [2.45, 2.75) is 12.5 Å². The van der Waals surface area contributed by atoms with E-state index in [2.05, 4.69) is 9.97 Å². The maximum atomic E-state index is 9.22. The minimum absolute atomic E-state index is 0.0768. The number of aliphatic hydroxyl groups excluding tert-OH is 1. The van der Waals surface area contributed by atoms with Gasteiger partial charge < -0.3 is 5.11 Å². The predicted molar refractivity (Wildman–Crippen MR) is 37.2 cm³/mol. The highest BCUT2D eigenvalue weighted by atomic mass is 16.3. The van der Waals surface area contributed by atoms with E-state index in [0.29, 0.717) is 5.56 Å². The van der Waals surface area contributed by atoms with Crippen LogP contribution >= 0.6 is 0 Å². The highest BCUT2D eigenvalue weighted by Gasteiger charge is 2.05. The molecule has 1 rings (SSSR count). The molecule has 0 radical (unpaired) electrons. The Hall–Kier alpha value is -1.47. The molecule has 0 amide bonds. The van der Waals surface area contributed by atoms with Crippen LogP contribution in [0.25, 0.3) is 0 Å². The number of aliphatic hydroxyl groups is 1. The third-order valence-corrected chi connectivity index (χ3v) is 1.25. The van der Waals surface area contributed by atoms with Crippen molar-refractivity contribution in [2.24, 2.45) is 0 Å². The molecule has 1 aromatic rings. The van der Waals surface area contributed by atoms with Crippen LogP contribution in [0.1, 0.15) is 18.1 Å². The number of rotatable bonds is 2. The molecule has 0 spiro atoms. The zero-order valence-corrected chi connectivity index (χ0v) is 5.81. The molecule has 1 N–H and O–H groups in total. The van der Waals surface area contributed by atoms with Crippen molar-refractivity contribution in [3.63, 3.8) is 0 Å². The smallest absolute Gasteiger partial charge is 0.115 e. The molecule has 0 aromatic carbocycles. The first-order valence-electron chi connectivity index (χ1n) is 3.14. The van der Waals surface area contributed by atoms with E-state index in [1.165, 1.54) is 18.7 Å². The van der Waals surface area contributed by atoms with Crippen molar-refractivity contribution >= 4 is 0 Å². The van der Waals surface area contributed by atoms with Crippen molar-refractivity contribution in [1.82, 2.24) is 9.97 Å². The average Bonchev–Trinajstić information content (AvgIpc) is 2.07. The second kappa shape index (κ2) is 3.64. The Balaban J connectivity index is 2.70. The molecule has 0 fully saturated rings. The Morgan fingerprint density at radius 2 is 2.18 bits per heavy atom. The number of nitriles is 1. The summed E-state index contributed by atoms with van der Waals surface area (Å²) in [6.45, 7) is 0. The van der Waals surface area contributed by atoms with E-state index >= 15 is 0 Å². The SMILES string of the molecule is N#CCC(O)c1cncnc1. The van der Waals surface area contributed by atoms with Gasteiger partial charge in [0.1, 0.15) is 6.33 Å². The highest BCUT2D eigenvalue weighted by Crippen LogP contribution is 2.12. The molecule has 0 aliphatic rings. The Kier molecular flexibility index (Phi) is 2.53. The summed E-state index contributed by atoms with van der Waals surface area (Å²) in [7, 11) is 0. The van der Waals surface area contributed by atoms with Crippen LogP contribution in [0.2, 0.25) is 0 Å². The molecule has 1 atom stereocenters. The van der Waals surface area contributed by atoms with Gasteiger partial charge in [-0.1, -0.05) is 0 Å². The second-order valence-electron chi connectivity index (χ2n) is 2.05. The molecule has 4 heteroatoms.